The van der Waals surface area contributed by atoms with E-state index in [1.807, 2.05) is 20.8 Å². The van der Waals surface area contributed by atoms with Crippen molar-refractivity contribution >= 4 is 29.5 Å². The zero-order valence-corrected chi connectivity index (χ0v) is 18.6. The molecule has 2 aromatic heterocycles. The van der Waals surface area contributed by atoms with Crippen molar-refractivity contribution < 1.29 is 27.4 Å². The lowest BCUT2D eigenvalue weighted by atomic mass is 9.99. The first-order chi connectivity index (χ1) is 15.0. The Morgan fingerprint density at radius 3 is 2.66 bits per heavy atom. The number of halogens is 4. The Morgan fingerprint density at radius 1 is 1.31 bits per heavy atom. The second-order valence-electron chi connectivity index (χ2n) is 7.76. The molecule has 1 amide bonds. The molecule has 0 bridgehead atoms. The standard InChI is InChI=1S/C20H23ClF3N5O3/c1-10(2)16-12(4)32-19(30)29(16)15-5-6-25-18(28-15)27-11(3)13-7-14(21)17(26-8-13)31-9-20(22,23)24/h5-8,10-12,16H,9H2,1-4H3,(H,25,27,28)/t11-,12?,16-/m0/s1. The quantitative estimate of drug-likeness (QED) is 0.604. The van der Waals surface area contributed by atoms with E-state index in [1.54, 1.807) is 13.0 Å². The first-order valence-electron chi connectivity index (χ1n) is 9.90. The Hall–Kier alpha value is -2.82. The molecule has 3 atom stereocenters. The lowest BCUT2D eigenvalue weighted by Gasteiger charge is -2.26. The summed E-state index contributed by atoms with van der Waals surface area (Å²) in [6.45, 7) is 6.13. The van der Waals surface area contributed by atoms with Crippen LogP contribution in [0, 0.1) is 5.92 Å². The van der Waals surface area contributed by atoms with E-state index in [2.05, 4.69) is 25.0 Å². The van der Waals surface area contributed by atoms with E-state index in [-0.39, 0.29) is 34.9 Å². The molecule has 0 spiro atoms. The second-order valence-corrected chi connectivity index (χ2v) is 8.16. The highest BCUT2D eigenvalue weighted by atomic mass is 35.5. The summed E-state index contributed by atoms with van der Waals surface area (Å²) in [6.07, 6.45) is -2.37. The molecule has 0 saturated carbocycles. The molecule has 1 saturated heterocycles. The molecular weight excluding hydrogens is 451 g/mol. The number of ether oxygens (including phenoxy) is 2. The molecule has 0 radical (unpaired) electrons. The van der Waals surface area contributed by atoms with Crippen LogP contribution in [-0.2, 0) is 4.74 Å². The fraction of sp³-hybridized carbons (Fsp3) is 0.500. The van der Waals surface area contributed by atoms with Gasteiger partial charge in [0, 0.05) is 12.4 Å². The molecule has 0 aliphatic carbocycles. The van der Waals surface area contributed by atoms with Gasteiger partial charge in [-0.25, -0.2) is 14.8 Å². The molecule has 32 heavy (non-hydrogen) atoms. The SMILES string of the molecule is CC(C)[C@H]1C(C)OC(=O)N1c1ccnc(N[C@@H](C)c2cnc(OCC(F)(F)F)c(Cl)c2)n1. The number of alkyl halides is 3. The van der Waals surface area contributed by atoms with Gasteiger partial charge in [0.1, 0.15) is 16.9 Å². The van der Waals surface area contributed by atoms with Crippen LogP contribution >= 0.6 is 11.6 Å². The van der Waals surface area contributed by atoms with Gasteiger partial charge < -0.3 is 14.8 Å². The van der Waals surface area contributed by atoms with Crippen molar-refractivity contribution in [3.05, 3.63) is 35.1 Å². The van der Waals surface area contributed by atoms with Crippen molar-refractivity contribution in [2.75, 3.05) is 16.8 Å². The second kappa shape index (κ2) is 9.35. The zero-order valence-electron chi connectivity index (χ0n) is 17.9. The summed E-state index contributed by atoms with van der Waals surface area (Å²) in [5, 5.41) is 3.02. The minimum absolute atomic E-state index is 0.0522. The first kappa shape index (κ1) is 23.8. The third kappa shape index (κ3) is 5.50. The minimum atomic E-state index is -4.49. The Labute approximate surface area is 188 Å². The van der Waals surface area contributed by atoms with Crippen LogP contribution in [0.4, 0.5) is 29.7 Å². The van der Waals surface area contributed by atoms with Crippen LogP contribution in [0.2, 0.25) is 5.02 Å². The van der Waals surface area contributed by atoms with Crippen LogP contribution in [0.3, 0.4) is 0 Å². The largest absolute Gasteiger partial charge is 0.467 e. The van der Waals surface area contributed by atoms with Crippen molar-refractivity contribution in [1.29, 1.82) is 0 Å². The fourth-order valence-corrected chi connectivity index (χ4v) is 3.70. The molecule has 3 heterocycles. The van der Waals surface area contributed by atoms with Gasteiger partial charge in [-0.05, 0) is 37.5 Å². The Kier molecular flexibility index (Phi) is 6.97. The maximum Gasteiger partial charge on any atom is 0.422 e. The van der Waals surface area contributed by atoms with E-state index in [1.165, 1.54) is 23.4 Å². The average Bonchev–Trinajstić information content (AvgIpc) is 3.00. The lowest BCUT2D eigenvalue weighted by Crippen LogP contribution is -2.40. The van der Waals surface area contributed by atoms with Crippen LogP contribution in [0.5, 0.6) is 5.88 Å². The fourth-order valence-electron chi connectivity index (χ4n) is 3.47. The molecule has 2 aromatic rings. The average molecular weight is 474 g/mol. The van der Waals surface area contributed by atoms with Gasteiger partial charge in [-0.2, -0.15) is 18.2 Å². The van der Waals surface area contributed by atoms with Gasteiger partial charge in [0.15, 0.2) is 6.61 Å². The molecule has 1 aliphatic heterocycles. The minimum Gasteiger partial charge on any atom is -0.467 e. The van der Waals surface area contributed by atoms with Gasteiger partial charge in [0.25, 0.3) is 0 Å². The van der Waals surface area contributed by atoms with E-state index in [0.29, 0.717) is 11.4 Å². The lowest BCUT2D eigenvalue weighted by molar-refractivity contribution is -0.154. The van der Waals surface area contributed by atoms with E-state index >= 15 is 0 Å². The summed E-state index contributed by atoms with van der Waals surface area (Å²) in [4.78, 5) is 26.4. The van der Waals surface area contributed by atoms with Crippen molar-refractivity contribution in [2.24, 2.45) is 5.92 Å². The first-order valence-corrected chi connectivity index (χ1v) is 10.3. The molecule has 1 unspecified atom stereocenters. The van der Waals surface area contributed by atoms with Gasteiger partial charge in [-0.1, -0.05) is 25.4 Å². The monoisotopic (exact) mass is 473 g/mol. The van der Waals surface area contributed by atoms with Crippen LogP contribution in [0.25, 0.3) is 0 Å². The summed E-state index contributed by atoms with van der Waals surface area (Å²) in [6, 6.07) is 2.51. The van der Waals surface area contributed by atoms with Crippen molar-refractivity contribution in [2.45, 2.75) is 52.1 Å². The highest BCUT2D eigenvalue weighted by Gasteiger charge is 2.42. The molecule has 8 nitrogen and oxygen atoms in total. The number of hydrogen-bond donors (Lipinski definition) is 1. The predicted octanol–water partition coefficient (Wildman–Crippen LogP) is 5.01. The smallest absolute Gasteiger partial charge is 0.422 e. The van der Waals surface area contributed by atoms with Crippen LogP contribution in [-0.4, -0.2) is 46.0 Å². The third-order valence-corrected chi connectivity index (χ3v) is 5.15. The molecule has 0 aromatic carbocycles. The maximum absolute atomic E-state index is 12.4. The summed E-state index contributed by atoms with van der Waals surface area (Å²) in [5.74, 6) is 0.487. The van der Waals surface area contributed by atoms with E-state index in [4.69, 9.17) is 16.3 Å². The molecule has 3 rings (SSSR count). The summed E-state index contributed by atoms with van der Waals surface area (Å²) >= 11 is 6.02. The number of amides is 1. The van der Waals surface area contributed by atoms with Crippen LogP contribution < -0.4 is 15.0 Å². The summed E-state index contributed by atoms with van der Waals surface area (Å²) < 4.78 is 47.0. The summed E-state index contributed by atoms with van der Waals surface area (Å²) in [7, 11) is 0. The van der Waals surface area contributed by atoms with Gasteiger partial charge in [0.2, 0.25) is 11.8 Å². The Bertz CT molecular complexity index is 976. The number of carbonyl (C=O) groups excluding carboxylic acids is 1. The van der Waals surface area contributed by atoms with Gasteiger partial charge in [0.05, 0.1) is 12.1 Å². The van der Waals surface area contributed by atoms with E-state index in [0.717, 1.165) is 0 Å². The predicted molar refractivity (Wildman–Crippen MR) is 112 cm³/mol. The number of aromatic nitrogens is 3. The van der Waals surface area contributed by atoms with Crippen LogP contribution in [0.1, 0.15) is 39.3 Å². The number of nitrogens with zero attached hydrogens (tertiary/aromatic N) is 4. The number of nitrogens with one attached hydrogen (secondary N) is 1. The number of anilines is 2. The van der Waals surface area contributed by atoms with E-state index in [9.17, 15) is 18.0 Å². The number of pyridine rings is 1. The number of rotatable bonds is 7. The number of cyclic esters (lactones) is 1. The van der Waals surface area contributed by atoms with Crippen molar-refractivity contribution in [3.63, 3.8) is 0 Å². The van der Waals surface area contributed by atoms with Gasteiger partial charge >= 0.3 is 12.3 Å². The highest BCUT2D eigenvalue weighted by Crippen LogP contribution is 2.31. The number of hydrogen-bond acceptors (Lipinski definition) is 7. The highest BCUT2D eigenvalue weighted by molar-refractivity contribution is 6.31. The molecule has 1 fully saturated rings. The van der Waals surface area contributed by atoms with Crippen molar-refractivity contribution in [3.8, 4) is 5.88 Å². The number of carbonyl (C=O) groups is 1. The Balaban J connectivity index is 1.74. The molecule has 1 aliphatic rings. The zero-order chi connectivity index (χ0) is 23.6. The molecule has 1 N–H and O–H groups in total. The summed E-state index contributed by atoms with van der Waals surface area (Å²) in [5.41, 5.74) is 0.581. The van der Waals surface area contributed by atoms with Gasteiger partial charge in [-0.3, -0.25) is 4.90 Å². The van der Waals surface area contributed by atoms with Gasteiger partial charge in [-0.15, -0.1) is 0 Å². The topological polar surface area (TPSA) is 89.5 Å². The third-order valence-electron chi connectivity index (χ3n) is 4.88. The van der Waals surface area contributed by atoms with E-state index < -0.39 is 24.9 Å². The Morgan fingerprint density at radius 2 is 2.03 bits per heavy atom. The molecular formula is C20H23ClF3N5O3. The molecule has 174 valence electrons. The molecule has 12 heteroatoms. The maximum atomic E-state index is 12.4. The van der Waals surface area contributed by atoms with Crippen molar-refractivity contribution in [1.82, 2.24) is 15.0 Å². The normalized spacial score (nSPS) is 19.8. The van der Waals surface area contributed by atoms with Crippen LogP contribution in [0.15, 0.2) is 24.5 Å².